The summed E-state index contributed by atoms with van der Waals surface area (Å²) in [6.45, 7) is 10.4. The van der Waals surface area contributed by atoms with Crippen LogP contribution in [0.3, 0.4) is 0 Å². The van der Waals surface area contributed by atoms with Gasteiger partial charge in [0.2, 0.25) is 10.0 Å². The number of methoxy groups -OCH3 is 1. The molecule has 0 atom stereocenters. The number of hydrogen-bond acceptors (Lipinski definition) is 5. The zero-order chi connectivity index (χ0) is 22.3. The van der Waals surface area contributed by atoms with Crippen LogP contribution in [0.25, 0.3) is 0 Å². The van der Waals surface area contributed by atoms with Gasteiger partial charge in [-0.1, -0.05) is 26.0 Å². The highest BCUT2D eigenvalue weighted by molar-refractivity contribution is 7.89. The van der Waals surface area contributed by atoms with Crippen molar-refractivity contribution in [2.24, 2.45) is 0 Å². The molecule has 2 aromatic carbocycles. The van der Waals surface area contributed by atoms with Gasteiger partial charge in [-0.15, -0.1) is 0 Å². The number of nitrogens with zero attached hydrogens (tertiary/aromatic N) is 1. The Bertz CT molecular complexity index is 970. The zero-order valence-corrected chi connectivity index (χ0v) is 19.0. The molecule has 0 aliphatic carbocycles. The van der Waals surface area contributed by atoms with Gasteiger partial charge in [0.1, 0.15) is 10.6 Å². The van der Waals surface area contributed by atoms with E-state index < -0.39 is 15.9 Å². The number of anilines is 1. The van der Waals surface area contributed by atoms with Gasteiger partial charge in [0.25, 0.3) is 5.91 Å². The molecule has 0 radical (unpaired) electrons. The maximum absolute atomic E-state index is 12.8. The predicted molar refractivity (Wildman–Crippen MR) is 119 cm³/mol. The first-order valence-corrected chi connectivity index (χ1v) is 11.5. The molecule has 30 heavy (non-hydrogen) atoms. The first-order chi connectivity index (χ1) is 14.2. The lowest BCUT2D eigenvalue weighted by molar-refractivity contribution is 0.102. The van der Waals surface area contributed by atoms with Crippen LogP contribution in [0, 0.1) is 0 Å². The van der Waals surface area contributed by atoms with Crippen LogP contribution >= 0.6 is 0 Å². The fourth-order valence-electron chi connectivity index (χ4n) is 3.06. The molecule has 0 bridgehead atoms. The number of hydrogen-bond donors (Lipinski definition) is 2. The third-order valence-corrected chi connectivity index (χ3v) is 6.27. The number of nitrogens with one attached hydrogen (secondary N) is 2. The molecule has 2 aromatic rings. The van der Waals surface area contributed by atoms with Crippen molar-refractivity contribution in [3.63, 3.8) is 0 Å². The number of amides is 1. The first kappa shape index (κ1) is 23.9. The summed E-state index contributed by atoms with van der Waals surface area (Å²) in [6, 6.07) is 11.7. The van der Waals surface area contributed by atoms with Crippen molar-refractivity contribution in [1.82, 2.24) is 9.62 Å². The third-order valence-electron chi connectivity index (χ3n) is 4.59. The van der Waals surface area contributed by atoms with Crippen LogP contribution in [-0.4, -0.2) is 45.5 Å². The molecule has 0 aromatic heterocycles. The molecule has 0 fully saturated rings. The summed E-state index contributed by atoms with van der Waals surface area (Å²) in [7, 11) is -2.42. The average molecular weight is 434 g/mol. The number of rotatable bonds is 10. The quantitative estimate of drug-likeness (QED) is 0.599. The molecule has 0 spiro atoms. The molecule has 7 nitrogen and oxygen atoms in total. The summed E-state index contributed by atoms with van der Waals surface area (Å²) in [4.78, 5) is 15.0. The Hall–Kier alpha value is -2.42. The van der Waals surface area contributed by atoms with Crippen molar-refractivity contribution in [2.75, 3.05) is 25.5 Å². The molecule has 0 unspecified atom stereocenters. The van der Waals surface area contributed by atoms with Crippen molar-refractivity contribution in [1.29, 1.82) is 0 Å². The van der Waals surface area contributed by atoms with E-state index in [4.69, 9.17) is 4.74 Å². The fourth-order valence-corrected chi connectivity index (χ4v) is 4.50. The van der Waals surface area contributed by atoms with E-state index in [0.29, 0.717) is 5.69 Å². The smallest absolute Gasteiger partial charge is 0.255 e. The van der Waals surface area contributed by atoms with Crippen LogP contribution in [0.4, 0.5) is 5.69 Å². The average Bonchev–Trinajstić information content (AvgIpc) is 2.70. The second-order valence-corrected chi connectivity index (χ2v) is 8.94. The van der Waals surface area contributed by atoms with Crippen LogP contribution < -0.4 is 14.8 Å². The molecule has 0 heterocycles. The molecular weight excluding hydrogens is 402 g/mol. The summed E-state index contributed by atoms with van der Waals surface area (Å²) in [5.41, 5.74) is 1.98. The second-order valence-electron chi connectivity index (χ2n) is 7.26. The molecule has 0 aliphatic rings. The predicted octanol–water partition coefficient (Wildman–Crippen LogP) is 3.48. The molecule has 0 aliphatic heterocycles. The van der Waals surface area contributed by atoms with Crippen LogP contribution in [0.2, 0.25) is 0 Å². The molecule has 0 saturated carbocycles. The van der Waals surface area contributed by atoms with Crippen molar-refractivity contribution >= 4 is 21.6 Å². The van der Waals surface area contributed by atoms with Crippen molar-refractivity contribution in [2.45, 2.75) is 45.2 Å². The third kappa shape index (κ3) is 6.29. The highest BCUT2D eigenvalue weighted by atomic mass is 32.2. The van der Waals surface area contributed by atoms with Gasteiger partial charge in [0.15, 0.2) is 0 Å². The maximum atomic E-state index is 12.8. The lowest BCUT2D eigenvalue weighted by Gasteiger charge is -2.18. The molecule has 2 rings (SSSR count). The van der Waals surface area contributed by atoms with E-state index in [0.717, 1.165) is 25.2 Å². The van der Waals surface area contributed by atoms with Gasteiger partial charge >= 0.3 is 0 Å². The second kappa shape index (κ2) is 10.6. The topological polar surface area (TPSA) is 87.7 Å². The van der Waals surface area contributed by atoms with E-state index in [1.165, 1.54) is 19.2 Å². The monoisotopic (exact) mass is 433 g/mol. The summed E-state index contributed by atoms with van der Waals surface area (Å²) in [6.07, 6.45) is 0. The van der Waals surface area contributed by atoms with E-state index in [-0.39, 0.29) is 22.3 Å². The number of carbonyl (C=O) groups excluding carboxylic acids is 1. The van der Waals surface area contributed by atoms with Gasteiger partial charge in [-0.2, -0.15) is 0 Å². The Balaban J connectivity index is 2.27. The lowest BCUT2D eigenvalue weighted by Crippen LogP contribution is -2.30. The van der Waals surface area contributed by atoms with E-state index in [1.54, 1.807) is 19.9 Å². The number of carbonyl (C=O) groups is 1. The van der Waals surface area contributed by atoms with Gasteiger partial charge in [-0.05, 0) is 62.8 Å². The summed E-state index contributed by atoms with van der Waals surface area (Å²) >= 11 is 0. The fraction of sp³-hybridized carbons (Fsp3) is 0.409. The van der Waals surface area contributed by atoms with E-state index in [1.807, 2.05) is 24.3 Å². The minimum Gasteiger partial charge on any atom is -0.495 e. The number of ether oxygens (including phenoxy) is 1. The number of sulfonamides is 1. The molecule has 0 saturated heterocycles. The Labute approximate surface area is 179 Å². The van der Waals surface area contributed by atoms with Crippen LogP contribution in [0.5, 0.6) is 5.75 Å². The normalized spacial score (nSPS) is 11.7. The molecule has 1 amide bonds. The standard InChI is InChI=1S/C22H31N3O4S/c1-6-25(7-2)15-17-9-8-10-19(13-17)23-22(26)18-11-12-20(29-5)21(14-18)30(27,28)24-16(3)4/h8-14,16,24H,6-7,15H2,1-5H3,(H,23,26). The van der Waals surface area contributed by atoms with E-state index in [2.05, 4.69) is 28.8 Å². The molecule has 8 heteroatoms. The van der Waals surface area contributed by atoms with Gasteiger partial charge < -0.3 is 10.1 Å². The SMILES string of the molecule is CCN(CC)Cc1cccc(NC(=O)c2ccc(OC)c(S(=O)(=O)NC(C)C)c2)c1. The van der Waals surface area contributed by atoms with Gasteiger partial charge in [-0.3, -0.25) is 9.69 Å². The van der Waals surface area contributed by atoms with Crippen LogP contribution in [0.1, 0.15) is 43.6 Å². The van der Waals surface area contributed by atoms with Crippen molar-refractivity contribution < 1.29 is 17.9 Å². The Morgan fingerprint density at radius 3 is 2.40 bits per heavy atom. The Morgan fingerprint density at radius 1 is 1.10 bits per heavy atom. The molecular formula is C22H31N3O4S. The highest BCUT2D eigenvalue weighted by Gasteiger charge is 2.22. The minimum atomic E-state index is -3.82. The molecule has 2 N–H and O–H groups in total. The van der Waals surface area contributed by atoms with E-state index >= 15 is 0 Å². The summed E-state index contributed by atoms with van der Waals surface area (Å²) in [5, 5.41) is 2.85. The van der Waals surface area contributed by atoms with Gasteiger partial charge in [-0.25, -0.2) is 13.1 Å². The summed E-state index contributed by atoms with van der Waals surface area (Å²) < 4.78 is 33.0. The van der Waals surface area contributed by atoms with Crippen LogP contribution in [0.15, 0.2) is 47.4 Å². The van der Waals surface area contributed by atoms with Gasteiger partial charge in [0, 0.05) is 23.8 Å². The largest absolute Gasteiger partial charge is 0.495 e. The first-order valence-electron chi connectivity index (χ1n) is 10.0. The van der Waals surface area contributed by atoms with Crippen molar-refractivity contribution in [3.8, 4) is 5.75 Å². The van der Waals surface area contributed by atoms with Crippen molar-refractivity contribution in [3.05, 3.63) is 53.6 Å². The van der Waals surface area contributed by atoms with Crippen LogP contribution in [-0.2, 0) is 16.6 Å². The summed E-state index contributed by atoms with van der Waals surface area (Å²) in [5.74, 6) is -0.209. The maximum Gasteiger partial charge on any atom is 0.255 e. The van der Waals surface area contributed by atoms with E-state index in [9.17, 15) is 13.2 Å². The molecule has 164 valence electrons. The highest BCUT2D eigenvalue weighted by Crippen LogP contribution is 2.25. The number of benzene rings is 2. The van der Waals surface area contributed by atoms with Gasteiger partial charge in [0.05, 0.1) is 7.11 Å². The Kier molecular flexibility index (Phi) is 8.40. The Morgan fingerprint density at radius 2 is 1.80 bits per heavy atom. The lowest BCUT2D eigenvalue weighted by atomic mass is 10.1. The zero-order valence-electron chi connectivity index (χ0n) is 18.2. The minimum absolute atomic E-state index is 0.0679.